The molecule has 0 heterocycles. The quantitative estimate of drug-likeness (QED) is 0.231. The van der Waals surface area contributed by atoms with Gasteiger partial charge in [-0.05, 0) is 29.8 Å². The average molecular weight is 342 g/mol. The fourth-order valence-corrected chi connectivity index (χ4v) is 2.20. The summed E-state index contributed by atoms with van der Waals surface area (Å²) in [5.41, 5.74) is 0.947. The molecular weight excluding hydrogens is 316 g/mol. The van der Waals surface area contributed by atoms with Crippen molar-refractivity contribution in [1.29, 1.82) is 0 Å². The Morgan fingerprint density at radius 3 is 2.24 bits per heavy atom. The average Bonchev–Trinajstić information content (AvgIpc) is 2.64. The molecule has 0 atom stereocenters. The summed E-state index contributed by atoms with van der Waals surface area (Å²) in [6, 6.07) is 14.3. The highest BCUT2D eigenvalue weighted by Gasteiger charge is 2.14. The summed E-state index contributed by atoms with van der Waals surface area (Å²) in [7, 11) is 0. The number of hydrogen-bond acceptors (Lipinski definition) is 4. The number of ether oxygens (including phenoxy) is 2. The van der Waals surface area contributed by atoms with Gasteiger partial charge in [-0.15, -0.1) is 0 Å². The van der Waals surface area contributed by atoms with E-state index in [1.54, 1.807) is 30.3 Å². The van der Waals surface area contributed by atoms with Crippen molar-refractivity contribution in [1.82, 2.24) is 0 Å². The molecule has 0 unspecified atom stereocenters. The molecule has 25 heavy (non-hydrogen) atoms. The lowest BCUT2D eigenvalue weighted by molar-refractivity contribution is -0.435. The fraction of sp³-hybridized carbons (Fsp3) is 0.400. The number of nitrogens with zero attached hydrogens (tertiary/aromatic N) is 2. The summed E-state index contributed by atoms with van der Waals surface area (Å²) in [5, 5.41) is 16.5. The van der Waals surface area contributed by atoms with Crippen LogP contribution in [0.1, 0.15) is 39.5 Å². The Balaban J connectivity index is 2.29. The molecule has 2 aromatic carbocycles. The summed E-state index contributed by atoms with van der Waals surface area (Å²) in [5.74, 6) is 1.16. The van der Waals surface area contributed by atoms with Crippen LogP contribution in [0.2, 0.25) is 0 Å². The Morgan fingerprint density at radius 1 is 0.880 bits per heavy atom. The molecule has 0 amide bonds. The van der Waals surface area contributed by atoms with Gasteiger partial charge in [-0.1, -0.05) is 51.0 Å². The molecule has 0 saturated carbocycles. The second kappa shape index (κ2) is 10.3. The Bertz CT molecular complexity index is 672. The van der Waals surface area contributed by atoms with E-state index in [0.29, 0.717) is 40.9 Å². The van der Waals surface area contributed by atoms with E-state index >= 15 is 0 Å². The van der Waals surface area contributed by atoms with Gasteiger partial charge in [0.15, 0.2) is 17.2 Å². The number of rotatable bonds is 10. The Labute approximate surface area is 149 Å². The second-order valence-corrected chi connectivity index (χ2v) is 5.72. The molecule has 2 aromatic rings. The number of benzene rings is 2. The van der Waals surface area contributed by atoms with Crippen molar-refractivity contribution in [2.24, 2.45) is 5.11 Å². The summed E-state index contributed by atoms with van der Waals surface area (Å²) in [4.78, 5) is 0.609. The third-order valence-electron chi connectivity index (χ3n) is 3.63. The molecule has 0 aliphatic heterocycles. The first-order valence-electron chi connectivity index (χ1n) is 8.88. The van der Waals surface area contributed by atoms with Gasteiger partial charge in [-0.2, -0.15) is 0 Å². The van der Waals surface area contributed by atoms with Crippen molar-refractivity contribution in [3.8, 4) is 11.5 Å². The van der Waals surface area contributed by atoms with Crippen molar-refractivity contribution in [3.05, 3.63) is 53.7 Å². The summed E-state index contributed by atoms with van der Waals surface area (Å²) in [6.45, 7) is 5.40. The molecule has 2 rings (SSSR count). The molecule has 0 aromatic heterocycles. The molecule has 0 aliphatic carbocycles. The van der Waals surface area contributed by atoms with Crippen molar-refractivity contribution >= 4 is 11.4 Å². The van der Waals surface area contributed by atoms with Crippen LogP contribution in [0.5, 0.6) is 11.5 Å². The van der Waals surface area contributed by atoms with Crippen LogP contribution in [-0.4, -0.2) is 18.1 Å². The van der Waals surface area contributed by atoms with Crippen LogP contribution in [0.3, 0.4) is 0 Å². The maximum atomic E-state index is 12.3. The molecule has 5 nitrogen and oxygen atoms in total. The molecule has 134 valence electrons. The number of azo groups is 1. The minimum absolute atomic E-state index is 0.472. The predicted octanol–water partition coefficient (Wildman–Crippen LogP) is 5.97. The molecule has 0 fully saturated rings. The SMILES string of the molecule is CCCCOc1cccc(N=[N+]([O-])c2ccccc2)c1OCCCC. The molecule has 0 saturated heterocycles. The van der Waals surface area contributed by atoms with E-state index in [2.05, 4.69) is 19.0 Å². The number of hydrogen-bond donors (Lipinski definition) is 0. The van der Waals surface area contributed by atoms with Crippen LogP contribution in [0.15, 0.2) is 53.6 Å². The van der Waals surface area contributed by atoms with Crippen LogP contribution >= 0.6 is 0 Å². The van der Waals surface area contributed by atoms with Gasteiger partial charge in [0.2, 0.25) is 5.69 Å². The van der Waals surface area contributed by atoms with Crippen molar-refractivity contribution < 1.29 is 14.3 Å². The van der Waals surface area contributed by atoms with Crippen LogP contribution < -0.4 is 9.47 Å². The van der Waals surface area contributed by atoms with E-state index in [0.717, 1.165) is 25.7 Å². The van der Waals surface area contributed by atoms with Crippen LogP contribution in [0.4, 0.5) is 11.4 Å². The Hall–Kier alpha value is -2.56. The van der Waals surface area contributed by atoms with E-state index in [9.17, 15) is 5.21 Å². The topological polar surface area (TPSA) is 56.9 Å². The molecule has 0 bridgehead atoms. The van der Waals surface area contributed by atoms with E-state index in [4.69, 9.17) is 9.47 Å². The van der Waals surface area contributed by atoms with Gasteiger partial charge in [-0.25, -0.2) is 0 Å². The van der Waals surface area contributed by atoms with Gasteiger partial charge in [0.25, 0.3) is 0 Å². The number of para-hydroxylation sites is 2. The second-order valence-electron chi connectivity index (χ2n) is 5.72. The standard InChI is InChI=1S/C20H26N2O3/c1-3-5-15-24-19-14-10-13-18(20(19)25-16-6-4-2)21-22(23)17-11-8-7-9-12-17/h7-14H,3-6,15-16H2,1-2H3. The van der Waals surface area contributed by atoms with E-state index < -0.39 is 0 Å². The lowest BCUT2D eigenvalue weighted by Gasteiger charge is -2.13. The van der Waals surface area contributed by atoms with Crippen molar-refractivity contribution in [3.63, 3.8) is 0 Å². The zero-order valence-electron chi connectivity index (χ0n) is 15.0. The van der Waals surface area contributed by atoms with Gasteiger partial charge in [0, 0.05) is 17.2 Å². The maximum Gasteiger partial charge on any atom is 0.244 e. The summed E-state index contributed by atoms with van der Waals surface area (Å²) < 4.78 is 11.7. The normalized spacial score (nSPS) is 11.4. The third-order valence-corrected chi connectivity index (χ3v) is 3.63. The fourth-order valence-electron chi connectivity index (χ4n) is 2.20. The Morgan fingerprint density at radius 2 is 1.56 bits per heavy atom. The van der Waals surface area contributed by atoms with Crippen LogP contribution in [0, 0.1) is 5.21 Å². The highest BCUT2D eigenvalue weighted by atomic mass is 16.5. The maximum absolute atomic E-state index is 12.3. The Kier molecular flexibility index (Phi) is 7.76. The summed E-state index contributed by atoms with van der Waals surface area (Å²) >= 11 is 0. The lowest BCUT2D eigenvalue weighted by Crippen LogP contribution is -2.03. The van der Waals surface area contributed by atoms with Crippen LogP contribution in [-0.2, 0) is 0 Å². The summed E-state index contributed by atoms with van der Waals surface area (Å²) in [6.07, 6.45) is 3.98. The highest BCUT2D eigenvalue weighted by Crippen LogP contribution is 2.38. The first-order chi connectivity index (χ1) is 12.3. The third kappa shape index (κ3) is 5.78. The minimum atomic E-state index is 0.472. The largest absolute Gasteiger partial charge is 0.594 e. The predicted molar refractivity (Wildman–Crippen MR) is 99.1 cm³/mol. The highest BCUT2D eigenvalue weighted by molar-refractivity contribution is 5.59. The van der Waals surface area contributed by atoms with E-state index in [1.807, 2.05) is 18.2 Å². The lowest BCUT2D eigenvalue weighted by atomic mass is 10.2. The molecular formula is C20H26N2O3. The van der Waals surface area contributed by atoms with E-state index in [1.165, 1.54) is 0 Å². The first-order valence-corrected chi connectivity index (χ1v) is 8.88. The molecule has 5 heteroatoms. The molecule has 0 spiro atoms. The van der Waals surface area contributed by atoms with Crippen LogP contribution in [0.25, 0.3) is 0 Å². The van der Waals surface area contributed by atoms with Gasteiger partial charge >= 0.3 is 0 Å². The van der Waals surface area contributed by atoms with E-state index in [-0.39, 0.29) is 0 Å². The minimum Gasteiger partial charge on any atom is -0.594 e. The first kappa shape index (κ1) is 18.8. The van der Waals surface area contributed by atoms with Crippen molar-refractivity contribution in [2.45, 2.75) is 39.5 Å². The van der Waals surface area contributed by atoms with Gasteiger partial charge in [0.1, 0.15) is 0 Å². The van der Waals surface area contributed by atoms with Crippen molar-refractivity contribution in [2.75, 3.05) is 13.2 Å². The molecule has 0 aliphatic rings. The van der Waals surface area contributed by atoms with Gasteiger partial charge in [-0.3, -0.25) is 0 Å². The molecule has 0 N–H and O–H groups in total. The number of unbranched alkanes of at least 4 members (excludes halogenated alkanes) is 2. The molecule has 0 radical (unpaired) electrons. The zero-order chi connectivity index (χ0) is 17.9. The smallest absolute Gasteiger partial charge is 0.244 e. The zero-order valence-corrected chi connectivity index (χ0v) is 15.0. The van der Waals surface area contributed by atoms with Gasteiger partial charge in [0.05, 0.1) is 13.2 Å². The monoisotopic (exact) mass is 342 g/mol. The van der Waals surface area contributed by atoms with Gasteiger partial charge < -0.3 is 14.7 Å².